The molecule has 1 amide bonds. The van der Waals surface area contributed by atoms with Crippen molar-refractivity contribution in [2.45, 2.75) is 63.6 Å². The average Bonchev–Trinajstić information content (AvgIpc) is 3.65. The molecule has 3 heterocycles. The van der Waals surface area contributed by atoms with Crippen LogP contribution in [0.4, 0.5) is 26.3 Å². The lowest BCUT2D eigenvalue weighted by Crippen LogP contribution is -2.50. The number of piperidine rings is 1. The van der Waals surface area contributed by atoms with E-state index in [1.165, 1.54) is 4.90 Å². The first kappa shape index (κ1) is 36.6. The van der Waals surface area contributed by atoms with Crippen molar-refractivity contribution in [3.05, 3.63) is 52.5 Å². The van der Waals surface area contributed by atoms with Gasteiger partial charge in [0.1, 0.15) is 35.6 Å². The first-order valence-electron chi connectivity index (χ1n) is 15.8. The Bertz CT molecular complexity index is 1560. The van der Waals surface area contributed by atoms with E-state index in [4.69, 9.17) is 25.8 Å². The smallest absolute Gasteiger partial charge is 0.489 e. The summed E-state index contributed by atoms with van der Waals surface area (Å²) in [5.41, 5.74) is 0.315. The van der Waals surface area contributed by atoms with Gasteiger partial charge in [-0.05, 0) is 54.2 Å². The van der Waals surface area contributed by atoms with Gasteiger partial charge >= 0.3 is 24.3 Å². The fourth-order valence-electron chi connectivity index (χ4n) is 6.35. The molecule has 2 fully saturated rings. The number of esters is 2. The maximum Gasteiger partial charge on any atom is 0.491 e. The number of fused-ring (bicyclic) bond motifs is 1. The lowest BCUT2D eigenvalue weighted by molar-refractivity contribution is -0.207. The highest BCUT2D eigenvalue weighted by molar-refractivity contribution is 6.30. The number of rotatable bonds is 9. The monoisotopic (exact) mass is 720 g/mol. The Morgan fingerprint density at radius 3 is 2.31 bits per heavy atom. The van der Waals surface area contributed by atoms with Crippen LogP contribution < -0.4 is 14.2 Å². The normalized spacial score (nSPS) is 19.8. The Morgan fingerprint density at radius 1 is 0.980 bits per heavy atom. The van der Waals surface area contributed by atoms with Crippen molar-refractivity contribution in [3.8, 4) is 17.2 Å². The fourth-order valence-corrected chi connectivity index (χ4v) is 6.55. The van der Waals surface area contributed by atoms with E-state index in [1.54, 1.807) is 17.0 Å². The molecule has 2 aromatic rings. The molecule has 2 saturated heterocycles. The van der Waals surface area contributed by atoms with E-state index >= 15 is 0 Å². The fraction of sp³-hybridized carbons (Fsp3) is 0.545. The van der Waals surface area contributed by atoms with Gasteiger partial charge in [0, 0.05) is 63.1 Å². The first-order valence-corrected chi connectivity index (χ1v) is 16.1. The standard InChI is InChI=1S/C33H35ClF6N2O7/c1-19(2)20-7-10-42(16-20)28(43)25-5-4-23(47-29(44)32(35,36)37)14-27(25)46-18-24(48-30(45)33(38,39)40)17-41-11-8-31(9-12-41)15-21-13-22(34)3-6-26(21)49-31/h3-6,13-14,19-20,24H,7-12,15-18H2,1-2H3/t20-,24-/m0/s1. The number of amides is 1. The van der Waals surface area contributed by atoms with Gasteiger partial charge in [-0.25, -0.2) is 9.59 Å². The largest absolute Gasteiger partial charge is 0.491 e. The van der Waals surface area contributed by atoms with E-state index in [2.05, 4.69) is 4.74 Å². The number of alkyl halides is 6. The highest BCUT2D eigenvalue weighted by atomic mass is 35.5. The molecule has 0 aromatic heterocycles. The molecular formula is C33H35ClF6N2O7. The van der Waals surface area contributed by atoms with Gasteiger partial charge in [0.25, 0.3) is 5.91 Å². The molecule has 0 bridgehead atoms. The van der Waals surface area contributed by atoms with Gasteiger partial charge in [0.2, 0.25) is 0 Å². The third-order valence-corrected chi connectivity index (χ3v) is 9.34. The van der Waals surface area contributed by atoms with E-state index in [0.717, 1.165) is 30.2 Å². The lowest BCUT2D eigenvalue weighted by atomic mass is 9.87. The van der Waals surface area contributed by atoms with Gasteiger partial charge in [-0.1, -0.05) is 25.4 Å². The average molecular weight is 721 g/mol. The summed E-state index contributed by atoms with van der Waals surface area (Å²) in [5.74, 6) is -5.28. The molecule has 0 aliphatic carbocycles. The first-order chi connectivity index (χ1) is 22.9. The molecule has 0 radical (unpaired) electrons. The maximum absolute atomic E-state index is 13.5. The molecule has 1 spiro atoms. The zero-order chi connectivity index (χ0) is 35.7. The highest BCUT2D eigenvalue weighted by Gasteiger charge is 2.45. The zero-order valence-electron chi connectivity index (χ0n) is 26.7. The van der Waals surface area contributed by atoms with Gasteiger partial charge in [-0.15, -0.1) is 0 Å². The van der Waals surface area contributed by atoms with Gasteiger partial charge in [-0.3, -0.25) is 9.69 Å². The quantitative estimate of drug-likeness (QED) is 0.171. The summed E-state index contributed by atoms with van der Waals surface area (Å²) in [6.45, 7) is 4.69. The molecule has 49 heavy (non-hydrogen) atoms. The van der Waals surface area contributed by atoms with E-state index in [-0.39, 0.29) is 29.7 Å². The minimum atomic E-state index is -5.32. The van der Waals surface area contributed by atoms with Gasteiger partial charge < -0.3 is 23.8 Å². The number of benzene rings is 2. The van der Waals surface area contributed by atoms with Crippen LogP contribution in [0.15, 0.2) is 36.4 Å². The van der Waals surface area contributed by atoms with Crippen LogP contribution in [0.2, 0.25) is 5.02 Å². The van der Waals surface area contributed by atoms with Crippen LogP contribution in [0.1, 0.15) is 49.0 Å². The molecule has 0 N–H and O–H groups in total. The number of halogens is 7. The van der Waals surface area contributed by atoms with Crippen molar-refractivity contribution >= 4 is 29.4 Å². The molecule has 268 valence electrons. The third kappa shape index (κ3) is 8.91. The summed E-state index contributed by atoms with van der Waals surface area (Å²) in [6.07, 6.45) is -9.79. The summed E-state index contributed by atoms with van der Waals surface area (Å²) in [4.78, 5) is 40.3. The van der Waals surface area contributed by atoms with E-state index in [9.17, 15) is 40.7 Å². The maximum atomic E-state index is 13.5. The van der Waals surface area contributed by atoms with E-state index in [0.29, 0.717) is 56.2 Å². The number of likely N-dealkylation sites (tertiary alicyclic amines) is 2. The molecule has 0 saturated carbocycles. The van der Waals surface area contributed by atoms with Crippen LogP contribution in [0.3, 0.4) is 0 Å². The Morgan fingerprint density at radius 2 is 1.67 bits per heavy atom. The Hall–Kier alpha value is -3.72. The summed E-state index contributed by atoms with van der Waals surface area (Å²) < 4.78 is 99.7. The number of carbonyl (C=O) groups excluding carboxylic acids is 3. The van der Waals surface area contributed by atoms with Crippen molar-refractivity contribution in [3.63, 3.8) is 0 Å². The number of ether oxygens (including phenoxy) is 4. The Kier molecular flexibility index (Phi) is 10.6. The second kappa shape index (κ2) is 14.3. The van der Waals surface area contributed by atoms with Crippen molar-refractivity contribution in [2.24, 2.45) is 11.8 Å². The summed E-state index contributed by atoms with van der Waals surface area (Å²) in [6, 6.07) is 8.31. The number of hydrogen-bond donors (Lipinski definition) is 0. The van der Waals surface area contributed by atoms with Crippen molar-refractivity contribution < 1.29 is 59.7 Å². The Labute approximate surface area is 283 Å². The predicted molar refractivity (Wildman–Crippen MR) is 163 cm³/mol. The SMILES string of the molecule is CC(C)[C@H]1CCN(C(=O)c2ccc(OC(=O)C(F)(F)F)cc2OC[C@H](CN2CCC3(CC2)Cc2cc(Cl)ccc2O3)OC(=O)C(F)(F)F)C1. The molecule has 2 aromatic carbocycles. The van der Waals surface area contributed by atoms with Crippen molar-refractivity contribution in [1.29, 1.82) is 0 Å². The topological polar surface area (TPSA) is 94.6 Å². The number of hydrogen-bond acceptors (Lipinski definition) is 8. The second-order valence-corrected chi connectivity index (χ2v) is 13.4. The molecule has 0 unspecified atom stereocenters. The van der Waals surface area contributed by atoms with Crippen LogP contribution in [-0.2, 0) is 20.7 Å². The van der Waals surface area contributed by atoms with Crippen molar-refractivity contribution in [2.75, 3.05) is 39.3 Å². The molecule has 16 heteroatoms. The van der Waals surface area contributed by atoms with Crippen LogP contribution >= 0.6 is 11.6 Å². The minimum Gasteiger partial charge on any atom is -0.489 e. The molecular weight excluding hydrogens is 686 g/mol. The summed E-state index contributed by atoms with van der Waals surface area (Å²) in [7, 11) is 0. The molecule has 3 aliphatic heterocycles. The van der Waals surface area contributed by atoms with Crippen LogP contribution in [0.5, 0.6) is 17.2 Å². The highest BCUT2D eigenvalue weighted by Crippen LogP contribution is 2.42. The molecule has 5 rings (SSSR count). The molecule has 2 atom stereocenters. The van der Waals surface area contributed by atoms with Crippen LogP contribution in [0, 0.1) is 11.8 Å². The van der Waals surface area contributed by atoms with Gasteiger partial charge in [-0.2, -0.15) is 26.3 Å². The minimum absolute atomic E-state index is 0.116. The van der Waals surface area contributed by atoms with Gasteiger partial charge in [0.05, 0.1) is 5.56 Å². The summed E-state index contributed by atoms with van der Waals surface area (Å²) in [5, 5.41) is 0.570. The third-order valence-electron chi connectivity index (χ3n) is 9.10. The molecule has 9 nitrogen and oxygen atoms in total. The van der Waals surface area contributed by atoms with Crippen LogP contribution in [-0.4, -0.2) is 91.0 Å². The van der Waals surface area contributed by atoms with E-state index < -0.39 is 54.3 Å². The van der Waals surface area contributed by atoms with E-state index in [1.807, 2.05) is 19.9 Å². The Balaban J connectivity index is 1.32. The predicted octanol–water partition coefficient (Wildman–Crippen LogP) is 6.25. The second-order valence-electron chi connectivity index (χ2n) is 12.9. The number of carbonyl (C=O) groups is 3. The molecule has 3 aliphatic rings. The zero-order valence-corrected chi connectivity index (χ0v) is 27.4. The van der Waals surface area contributed by atoms with Crippen LogP contribution in [0.25, 0.3) is 0 Å². The number of nitrogens with zero attached hydrogens (tertiary/aromatic N) is 2. The summed E-state index contributed by atoms with van der Waals surface area (Å²) >= 11 is 6.12. The van der Waals surface area contributed by atoms with Crippen molar-refractivity contribution in [1.82, 2.24) is 9.80 Å². The van der Waals surface area contributed by atoms with Gasteiger partial charge in [0.15, 0.2) is 0 Å². The lowest BCUT2D eigenvalue weighted by Gasteiger charge is -2.39.